The SMILES string of the molecule is CC(C)N1CC(C)(C)SC1=S. The summed E-state index contributed by atoms with van der Waals surface area (Å²) in [7, 11) is 0. The average Bonchev–Trinajstić information content (AvgIpc) is 2.05. The Bertz CT molecular complexity index is 175. The van der Waals surface area contributed by atoms with Gasteiger partial charge in [-0.05, 0) is 27.7 Å². The van der Waals surface area contributed by atoms with E-state index in [0.717, 1.165) is 10.9 Å². The van der Waals surface area contributed by atoms with Crippen molar-refractivity contribution in [3.8, 4) is 0 Å². The van der Waals surface area contributed by atoms with Gasteiger partial charge < -0.3 is 4.90 Å². The predicted molar refractivity (Wildman–Crippen MR) is 56.1 cm³/mol. The molecule has 0 aromatic heterocycles. The van der Waals surface area contributed by atoms with Gasteiger partial charge in [0.15, 0.2) is 0 Å². The van der Waals surface area contributed by atoms with E-state index in [4.69, 9.17) is 12.2 Å². The van der Waals surface area contributed by atoms with E-state index in [9.17, 15) is 0 Å². The molecule has 3 heteroatoms. The van der Waals surface area contributed by atoms with Gasteiger partial charge in [-0.1, -0.05) is 24.0 Å². The van der Waals surface area contributed by atoms with E-state index in [1.807, 2.05) is 11.8 Å². The Morgan fingerprint density at radius 2 is 2.09 bits per heavy atom. The molecule has 1 rings (SSSR count). The second-order valence-corrected chi connectivity index (χ2v) is 6.19. The van der Waals surface area contributed by atoms with Gasteiger partial charge in [-0.25, -0.2) is 0 Å². The third-order valence-corrected chi connectivity index (χ3v) is 3.35. The highest BCUT2D eigenvalue weighted by molar-refractivity contribution is 8.24. The number of thioether (sulfide) groups is 1. The molecule has 1 nitrogen and oxygen atoms in total. The molecular weight excluding hydrogens is 174 g/mol. The number of hydrogen-bond donors (Lipinski definition) is 0. The third kappa shape index (κ3) is 2.09. The summed E-state index contributed by atoms with van der Waals surface area (Å²) in [5.41, 5.74) is 0. The fourth-order valence-corrected chi connectivity index (χ4v) is 3.22. The molecule has 11 heavy (non-hydrogen) atoms. The highest BCUT2D eigenvalue weighted by Crippen LogP contribution is 2.36. The molecule has 0 aromatic carbocycles. The monoisotopic (exact) mass is 189 g/mol. The van der Waals surface area contributed by atoms with Crippen molar-refractivity contribution in [3.63, 3.8) is 0 Å². The zero-order chi connectivity index (χ0) is 8.65. The maximum Gasteiger partial charge on any atom is 0.137 e. The van der Waals surface area contributed by atoms with E-state index in [0.29, 0.717) is 10.8 Å². The first kappa shape index (κ1) is 9.33. The van der Waals surface area contributed by atoms with Crippen LogP contribution in [-0.2, 0) is 0 Å². The van der Waals surface area contributed by atoms with Crippen LogP contribution < -0.4 is 0 Å². The lowest BCUT2D eigenvalue weighted by molar-refractivity contribution is 0.348. The zero-order valence-corrected chi connectivity index (χ0v) is 9.18. The average molecular weight is 189 g/mol. The molecule has 1 fully saturated rings. The number of hydrogen-bond acceptors (Lipinski definition) is 2. The molecular formula is C8H15NS2. The van der Waals surface area contributed by atoms with Gasteiger partial charge in [0.1, 0.15) is 4.32 Å². The highest BCUT2D eigenvalue weighted by Gasteiger charge is 2.34. The van der Waals surface area contributed by atoms with Crippen LogP contribution in [0.3, 0.4) is 0 Å². The summed E-state index contributed by atoms with van der Waals surface area (Å²) in [6.07, 6.45) is 0. The normalized spacial score (nSPS) is 23.4. The molecule has 0 aliphatic carbocycles. The molecule has 0 atom stereocenters. The van der Waals surface area contributed by atoms with E-state index in [1.54, 1.807) is 0 Å². The van der Waals surface area contributed by atoms with Gasteiger partial charge in [-0.15, -0.1) is 0 Å². The lowest BCUT2D eigenvalue weighted by Gasteiger charge is -2.23. The number of thiocarbonyl (C=S) groups is 1. The Morgan fingerprint density at radius 1 is 1.55 bits per heavy atom. The van der Waals surface area contributed by atoms with Crippen LogP contribution in [0.1, 0.15) is 27.7 Å². The van der Waals surface area contributed by atoms with Crippen LogP contribution >= 0.6 is 24.0 Å². The fourth-order valence-electron chi connectivity index (χ4n) is 1.20. The van der Waals surface area contributed by atoms with Gasteiger partial charge in [-0.2, -0.15) is 0 Å². The first-order valence-corrected chi connectivity index (χ1v) is 5.14. The van der Waals surface area contributed by atoms with Crippen molar-refractivity contribution >= 4 is 28.3 Å². The minimum Gasteiger partial charge on any atom is -0.354 e. The van der Waals surface area contributed by atoms with Crippen LogP contribution in [0, 0.1) is 0 Å². The van der Waals surface area contributed by atoms with Crippen LogP contribution in [0.25, 0.3) is 0 Å². The van der Waals surface area contributed by atoms with Crippen molar-refractivity contribution in [1.29, 1.82) is 0 Å². The van der Waals surface area contributed by atoms with E-state index in [1.165, 1.54) is 0 Å². The maximum absolute atomic E-state index is 5.25. The molecule has 0 N–H and O–H groups in total. The summed E-state index contributed by atoms with van der Waals surface area (Å²) in [6, 6.07) is 0.553. The second-order valence-electron chi connectivity index (χ2n) is 3.85. The van der Waals surface area contributed by atoms with Crippen LogP contribution in [0.15, 0.2) is 0 Å². The molecule has 1 aliphatic heterocycles. The van der Waals surface area contributed by atoms with Crippen molar-refractivity contribution in [3.05, 3.63) is 0 Å². The van der Waals surface area contributed by atoms with Crippen LogP contribution in [-0.4, -0.2) is 26.6 Å². The van der Waals surface area contributed by atoms with Gasteiger partial charge >= 0.3 is 0 Å². The Balaban J connectivity index is 2.67. The molecule has 64 valence electrons. The largest absolute Gasteiger partial charge is 0.354 e. The maximum atomic E-state index is 5.25. The van der Waals surface area contributed by atoms with E-state index in [2.05, 4.69) is 32.6 Å². The first-order chi connectivity index (χ1) is 4.92. The van der Waals surface area contributed by atoms with Crippen LogP contribution in [0.5, 0.6) is 0 Å². The van der Waals surface area contributed by atoms with Gasteiger partial charge in [-0.3, -0.25) is 0 Å². The Labute approximate surface area is 78.5 Å². The number of nitrogens with zero attached hydrogens (tertiary/aromatic N) is 1. The molecule has 0 amide bonds. The Kier molecular flexibility index (Phi) is 2.49. The van der Waals surface area contributed by atoms with Gasteiger partial charge in [0.2, 0.25) is 0 Å². The van der Waals surface area contributed by atoms with Crippen molar-refractivity contribution in [2.45, 2.75) is 38.5 Å². The summed E-state index contributed by atoms with van der Waals surface area (Å²) in [4.78, 5) is 2.29. The Morgan fingerprint density at radius 3 is 2.27 bits per heavy atom. The summed E-state index contributed by atoms with van der Waals surface area (Å²) < 4.78 is 1.38. The number of rotatable bonds is 1. The van der Waals surface area contributed by atoms with E-state index in [-0.39, 0.29) is 0 Å². The van der Waals surface area contributed by atoms with Crippen molar-refractivity contribution in [1.82, 2.24) is 4.90 Å². The molecule has 0 radical (unpaired) electrons. The third-order valence-electron chi connectivity index (χ3n) is 1.77. The van der Waals surface area contributed by atoms with Crippen LogP contribution in [0.2, 0.25) is 0 Å². The van der Waals surface area contributed by atoms with E-state index < -0.39 is 0 Å². The fraction of sp³-hybridized carbons (Fsp3) is 0.875. The minimum absolute atomic E-state index is 0.321. The van der Waals surface area contributed by atoms with Gasteiger partial charge in [0.25, 0.3) is 0 Å². The molecule has 1 saturated heterocycles. The summed E-state index contributed by atoms with van der Waals surface area (Å²) in [6.45, 7) is 9.95. The molecule has 1 aliphatic rings. The highest BCUT2D eigenvalue weighted by atomic mass is 32.2. The Hall–Kier alpha value is 0.240. The smallest absolute Gasteiger partial charge is 0.137 e. The summed E-state index contributed by atoms with van der Waals surface area (Å²) in [5.74, 6) is 0. The molecule has 1 heterocycles. The molecule has 0 saturated carbocycles. The van der Waals surface area contributed by atoms with Gasteiger partial charge in [0, 0.05) is 17.3 Å². The van der Waals surface area contributed by atoms with Crippen molar-refractivity contribution in [2.24, 2.45) is 0 Å². The molecule has 0 bridgehead atoms. The standard InChI is InChI=1S/C8H15NS2/c1-6(2)9-5-8(3,4)11-7(9)10/h6H,5H2,1-4H3. The lowest BCUT2D eigenvalue weighted by Crippen LogP contribution is -2.33. The minimum atomic E-state index is 0.321. The van der Waals surface area contributed by atoms with Crippen molar-refractivity contribution in [2.75, 3.05) is 6.54 Å². The zero-order valence-electron chi connectivity index (χ0n) is 7.55. The second kappa shape index (κ2) is 2.94. The summed E-state index contributed by atoms with van der Waals surface area (Å²) in [5, 5.41) is 0. The topological polar surface area (TPSA) is 3.24 Å². The van der Waals surface area contributed by atoms with Crippen LogP contribution in [0.4, 0.5) is 0 Å². The van der Waals surface area contributed by atoms with E-state index >= 15 is 0 Å². The molecule has 0 unspecified atom stereocenters. The van der Waals surface area contributed by atoms with Crippen molar-refractivity contribution < 1.29 is 0 Å². The predicted octanol–water partition coefficient (Wildman–Crippen LogP) is 2.51. The quantitative estimate of drug-likeness (QED) is 0.584. The molecule has 0 spiro atoms. The van der Waals surface area contributed by atoms with Gasteiger partial charge in [0.05, 0.1) is 0 Å². The lowest BCUT2D eigenvalue weighted by atomic mass is 10.2. The summed E-state index contributed by atoms with van der Waals surface area (Å²) >= 11 is 7.07. The molecule has 0 aromatic rings. The first-order valence-electron chi connectivity index (χ1n) is 3.92.